The second-order valence-electron chi connectivity index (χ2n) is 8.58. The molecule has 8 nitrogen and oxygen atoms in total. The van der Waals surface area contributed by atoms with Crippen LogP contribution in [-0.2, 0) is 12.0 Å². The molecular weight excluding hydrogens is 387 g/mol. The molecule has 0 bridgehead atoms. The average molecular weight is 414 g/mol. The predicted octanol–water partition coefficient (Wildman–Crippen LogP) is 3.17. The van der Waals surface area contributed by atoms with Gasteiger partial charge in [-0.25, -0.2) is 14.4 Å². The van der Waals surface area contributed by atoms with Crippen LogP contribution >= 0.6 is 0 Å². The second kappa shape index (κ2) is 8.14. The summed E-state index contributed by atoms with van der Waals surface area (Å²) in [5.74, 6) is 1.94. The van der Waals surface area contributed by atoms with Gasteiger partial charge in [0.25, 0.3) is 0 Å². The highest BCUT2D eigenvalue weighted by atomic mass is 19.1. The zero-order chi connectivity index (χ0) is 21.3. The number of anilines is 1. The molecule has 4 rings (SSSR count). The van der Waals surface area contributed by atoms with Crippen molar-refractivity contribution in [3.05, 3.63) is 36.0 Å². The smallest absolute Gasteiger partial charge is 0.232 e. The van der Waals surface area contributed by atoms with E-state index in [1.165, 1.54) is 19.5 Å². The Morgan fingerprint density at radius 2 is 1.97 bits per heavy atom. The van der Waals surface area contributed by atoms with Crippen LogP contribution in [0.3, 0.4) is 0 Å². The summed E-state index contributed by atoms with van der Waals surface area (Å²) in [6.07, 6.45) is 2.45. The fourth-order valence-corrected chi connectivity index (χ4v) is 3.62. The normalized spacial score (nSPS) is 16.1. The van der Waals surface area contributed by atoms with Crippen molar-refractivity contribution in [3.8, 4) is 5.75 Å². The van der Waals surface area contributed by atoms with Gasteiger partial charge in [0.05, 0.1) is 19.2 Å². The van der Waals surface area contributed by atoms with Crippen LogP contribution in [0.2, 0.25) is 0 Å². The minimum atomic E-state index is -0.425. The van der Waals surface area contributed by atoms with Crippen LogP contribution in [0.15, 0.2) is 23.0 Å². The largest absolute Gasteiger partial charge is 0.494 e. The van der Waals surface area contributed by atoms with E-state index >= 15 is 0 Å². The van der Waals surface area contributed by atoms with E-state index in [0.717, 1.165) is 43.8 Å². The lowest BCUT2D eigenvalue weighted by molar-refractivity contribution is 0.269. The fraction of sp³-hybridized carbons (Fsp3) is 0.524. The molecule has 1 aromatic carbocycles. The van der Waals surface area contributed by atoms with Gasteiger partial charge in [0.2, 0.25) is 5.89 Å². The van der Waals surface area contributed by atoms with Gasteiger partial charge in [0.15, 0.2) is 17.4 Å². The van der Waals surface area contributed by atoms with Crippen LogP contribution in [0, 0.1) is 5.82 Å². The SMILES string of the molecule is COc1cc2c(N3CCCN(Cc4noc(C(C)(C)C)n4)CC3)ncnc2cc1F. The van der Waals surface area contributed by atoms with Gasteiger partial charge in [-0.2, -0.15) is 4.98 Å². The number of hydrogen-bond acceptors (Lipinski definition) is 8. The molecule has 1 fully saturated rings. The first kappa shape index (κ1) is 20.5. The van der Waals surface area contributed by atoms with Crippen molar-refractivity contribution in [2.45, 2.75) is 39.2 Å². The van der Waals surface area contributed by atoms with E-state index in [1.54, 1.807) is 6.07 Å². The predicted molar refractivity (Wildman–Crippen MR) is 111 cm³/mol. The minimum Gasteiger partial charge on any atom is -0.494 e. The van der Waals surface area contributed by atoms with Crippen molar-refractivity contribution in [2.75, 3.05) is 38.2 Å². The minimum absolute atomic E-state index is 0.157. The Bertz CT molecular complexity index is 1030. The lowest BCUT2D eigenvalue weighted by Crippen LogP contribution is -2.31. The van der Waals surface area contributed by atoms with Crippen molar-refractivity contribution in [2.24, 2.45) is 0 Å². The number of nitrogens with zero attached hydrogens (tertiary/aromatic N) is 6. The number of rotatable bonds is 4. The van der Waals surface area contributed by atoms with E-state index in [4.69, 9.17) is 9.26 Å². The van der Waals surface area contributed by atoms with E-state index in [2.05, 4.69) is 50.7 Å². The zero-order valence-corrected chi connectivity index (χ0v) is 17.9. The van der Waals surface area contributed by atoms with Crippen LogP contribution in [0.1, 0.15) is 38.9 Å². The molecule has 1 aliphatic heterocycles. The number of hydrogen-bond donors (Lipinski definition) is 0. The first-order chi connectivity index (χ1) is 14.3. The lowest BCUT2D eigenvalue weighted by Gasteiger charge is -2.23. The molecule has 0 radical (unpaired) electrons. The monoisotopic (exact) mass is 414 g/mol. The first-order valence-electron chi connectivity index (χ1n) is 10.1. The Kier molecular flexibility index (Phi) is 5.55. The highest BCUT2D eigenvalue weighted by Gasteiger charge is 2.24. The van der Waals surface area contributed by atoms with Gasteiger partial charge in [-0.1, -0.05) is 25.9 Å². The maximum atomic E-state index is 14.1. The Labute approximate surface area is 175 Å². The average Bonchev–Trinajstić information content (AvgIpc) is 3.06. The molecule has 30 heavy (non-hydrogen) atoms. The quantitative estimate of drug-likeness (QED) is 0.644. The summed E-state index contributed by atoms with van der Waals surface area (Å²) in [7, 11) is 1.46. The van der Waals surface area contributed by atoms with Gasteiger partial charge in [0.1, 0.15) is 12.1 Å². The standard InChI is InChI=1S/C21H27FN6O2/c1-21(2,3)20-25-18(26-30-20)12-27-6-5-7-28(9-8-27)19-14-10-17(29-4)15(22)11-16(14)23-13-24-19/h10-11,13H,5-9,12H2,1-4H3. The molecular formula is C21H27FN6O2. The first-order valence-corrected chi connectivity index (χ1v) is 10.1. The van der Waals surface area contributed by atoms with Gasteiger partial charge in [-0.15, -0.1) is 0 Å². The van der Waals surface area contributed by atoms with E-state index in [-0.39, 0.29) is 11.2 Å². The Morgan fingerprint density at radius 3 is 2.70 bits per heavy atom. The van der Waals surface area contributed by atoms with Crippen molar-refractivity contribution in [3.63, 3.8) is 0 Å². The lowest BCUT2D eigenvalue weighted by atomic mass is 9.97. The third-order valence-electron chi connectivity index (χ3n) is 5.25. The van der Waals surface area contributed by atoms with Crippen LogP contribution in [0.5, 0.6) is 5.75 Å². The molecule has 0 unspecified atom stereocenters. The summed E-state index contributed by atoms with van der Waals surface area (Å²) >= 11 is 0. The van der Waals surface area contributed by atoms with Crippen molar-refractivity contribution in [1.82, 2.24) is 25.0 Å². The van der Waals surface area contributed by atoms with Crippen molar-refractivity contribution >= 4 is 16.7 Å². The molecule has 160 valence electrons. The summed E-state index contributed by atoms with van der Waals surface area (Å²) in [5, 5.41) is 4.93. The van der Waals surface area contributed by atoms with Gasteiger partial charge in [-0.05, 0) is 12.5 Å². The molecule has 1 saturated heterocycles. The number of benzene rings is 1. The van der Waals surface area contributed by atoms with E-state index in [1.807, 2.05) is 0 Å². The highest BCUT2D eigenvalue weighted by Crippen LogP contribution is 2.30. The Balaban J connectivity index is 1.50. The fourth-order valence-electron chi connectivity index (χ4n) is 3.62. The topological polar surface area (TPSA) is 80.4 Å². The Morgan fingerprint density at radius 1 is 1.13 bits per heavy atom. The molecule has 1 aliphatic rings. The molecule has 0 amide bonds. The van der Waals surface area contributed by atoms with Crippen LogP contribution in [0.25, 0.3) is 10.9 Å². The zero-order valence-electron chi connectivity index (χ0n) is 17.9. The van der Waals surface area contributed by atoms with E-state index < -0.39 is 5.82 Å². The van der Waals surface area contributed by atoms with E-state index in [9.17, 15) is 4.39 Å². The number of ether oxygens (including phenoxy) is 1. The number of fused-ring (bicyclic) bond motifs is 1. The molecule has 0 N–H and O–H groups in total. The van der Waals surface area contributed by atoms with Gasteiger partial charge >= 0.3 is 0 Å². The highest BCUT2D eigenvalue weighted by molar-refractivity contribution is 5.90. The van der Waals surface area contributed by atoms with E-state index in [0.29, 0.717) is 23.8 Å². The van der Waals surface area contributed by atoms with Crippen LogP contribution in [0.4, 0.5) is 10.2 Å². The van der Waals surface area contributed by atoms with Gasteiger partial charge < -0.3 is 14.2 Å². The number of methoxy groups -OCH3 is 1. The number of halogens is 1. The summed E-state index contributed by atoms with van der Waals surface area (Å²) in [6, 6.07) is 3.07. The molecule has 3 heterocycles. The molecule has 0 spiro atoms. The molecule has 2 aromatic heterocycles. The molecule has 0 atom stereocenters. The molecule has 0 saturated carbocycles. The number of aromatic nitrogens is 4. The molecule has 9 heteroatoms. The van der Waals surface area contributed by atoms with Gasteiger partial charge in [-0.3, -0.25) is 4.90 Å². The van der Waals surface area contributed by atoms with Crippen molar-refractivity contribution < 1.29 is 13.7 Å². The molecule has 0 aliphatic carbocycles. The molecule has 3 aromatic rings. The van der Waals surface area contributed by atoms with Gasteiger partial charge in [0, 0.05) is 43.0 Å². The van der Waals surface area contributed by atoms with Crippen molar-refractivity contribution in [1.29, 1.82) is 0 Å². The van der Waals surface area contributed by atoms with Crippen LogP contribution in [-0.4, -0.2) is 58.3 Å². The summed E-state index contributed by atoms with van der Waals surface area (Å²) in [5.41, 5.74) is 0.413. The maximum absolute atomic E-state index is 14.1. The summed E-state index contributed by atoms with van der Waals surface area (Å²) < 4.78 is 24.6. The maximum Gasteiger partial charge on any atom is 0.232 e. The Hall–Kier alpha value is -2.81. The third kappa shape index (κ3) is 4.21. The third-order valence-corrected chi connectivity index (χ3v) is 5.25. The summed E-state index contributed by atoms with van der Waals surface area (Å²) in [4.78, 5) is 17.8. The second-order valence-corrected chi connectivity index (χ2v) is 8.58. The van der Waals surface area contributed by atoms with Crippen LogP contribution < -0.4 is 9.64 Å². The summed E-state index contributed by atoms with van der Waals surface area (Å²) in [6.45, 7) is 10.2.